The number of hydrogen-bond donors (Lipinski definition) is 0. The second-order valence-corrected chi connectivity index (χ2v) is 8.98. The smallest absolute Gasteiger partial charge is 0.173 e. The quantitative estimate of drug-likeness (QED) is 0.270. The van der Waals surface area contributed by atoms with E-state index in [1.54, 1.807) is 0 Å². The van der Waals surface area contributed by atoms with Gasteiger partial charge in [-0.2, -0.15) is 0 Å². The molecule has 7 rings (SSSR count). The molecule has 162 valence electrons. The Morgan fingerprint density at radius 2 is 1.15 bits per heavy atom. The van der Waals surface area contributed by atoms with Gasteiger partial charge in [0.25, 0.3) is 0 Å². The van der Waals surface area contributed by atoms with Gasteiger partial charge in [0.15, 0.2) is 23.0 Å². The van der Waals surface area contributed by atoms with Crippen molar-refractivity contribution in [2.45, 2.75) is 12.3 Å². The Bertz CT molecular complexity index is 1510. The van der Waals surface area contributed by atoms with Gasteiger partial charge in [-0.15, -0.1) is 0 Å². The SMILES string of the molecule is Cc1cccc2c1Oc1cc3c(cc1O2)-c1ccccc1C3(c1ccccc1)c1ccccc1. The molecule has 5 aromatic carbocycles. The summed E-state index contributed by atoms with van der Waals surface area (Å²) in [6, 6.07) is 40.7. The second-order valence-electron chi connectivity index (χ2n) is 8.98. The maximum absolute atomic E-state index is 6.47. The van der Waals surface area contributed by atoms with E-state index in [0.29, 0.717) is 0 Å². The lowest BCUT2D eigenvalue weighted by Crippen LogP contribution is -2.28. The lowest BCUT2D eigenvalue weighted by Gasteiger charge is -2.34. The number of ether oxygens (including phenoxy) is 2. The molecule has 0 atom stereocenters. The van der Waals surface area contributed by atoms with Gasteiger partial charge in [-0.05, 0) is 64.1 Å². The average Bonchev–Trinajstić information content (AvgIpc) is 3.18. The van der Waals surface area contributed by atoms with Gasteiger partial charge in [-0.3, -0.25) is 0 Å². The molecule has 0 amide bonds. The molecule has 2 aliphatic rings. The summed E-state index contributed by atoms with van der Waals surface area (Å²) >= 11 is 0. The molecule has 1 aliphatic carbocycles. The monoisotopic (exact) mass is 438 g/mol. The van der Waals surface area contributed by atoms with Crippen molar-refractivity contribution in [3.05, 3.63) is 143 Å². The predicted molar refractivity (Wildman–Crippen MR) is 135 cm³/mol. The zero-order valence-corrected chi connectivity index (χ0v) is 18.8. The summed E-state index contributed by atoms with van der Waals surface area (Å²) < 4.78 is 12.8. The highest BCUT2D eigenvalue weighted by Crippen LogP contribution is 2.59. The molecular weight excluding hydrogens is 416 g/mol. The van der Waals surface area contributed by atoms with E-state index in [4.69, 9.17) is 9.47 Å². The van der Waals surface area contributed by atoms with E-state index in [2.05, 4.69) is 110 Å². The van der Waals surface area contributed by atoms with Crippen molar-refractivity contribution in [2.75, 3.05) is 0 Å². The molecule has 0 bridgehead atoms. The summed E-state index contributed by atoms with van der Waals surface area (Å²) in [5.41, 5.74) is 7.99. The molecule has 34 heavy (non-hydrogen) atoms. The van der Waals surface area contributed by atoms with Crippen molar-refractivity contribution >= 4 is 0 Å². The van der Waals surface area contributed by atoms with Crippen LogP contribution < -0.4 is 9.47 Å². The molecule has 0 unspecified atom stereocenters. The van der Waals surface area contributed by atoms with Crippen LogP contribution in [0.1, 0.15) is 27.8 Å². The standard InChI is InChI=1S/C32H22O2/c1-21-11-10-18-28-31(21)34-30-20-27-25(19-29(30)33-28)24-16-8-9-17-26(24)32(27,22-12-4-2-5-13-22)23-14-6-3-7-15-23/h2-20H,1H3. The number of hydrogen-bond acceptors (Lipinski definition) is 2. The maximum atomic E-state index is 6.47. The Kier molecular flexibility index (Phi) is 4.01. The Morgan fingerprint density at radius 3 is 1.88 bits per heavy atom. The summed E-state index contributed by atoms with van der Waals surface area (Å²) in [6.45, 7) is 2.05. The van der Waals surface area contributed by atoms with Gasteiger partial charge in [0, 0.05) is 0 Å². The van der Waals surface area contributed by atoms with Gasteiger partial charge < -0.3 is 9.47 Å². The van der Waals surface area contributed by atoms with Crippen molar-refractivity contribution in [1.82, 2.24) is 0 Å². The van der Waals surface area contributed by atoms with Crippen LogP contribution in [0.25, 0.3) is 11.1 Å². The number of aryl methyl sites for hydroxylation is 1. The highest BCUT2D eigenvalue weighted by molar-refractivity contribution is 5.88. The van der Waals surface area contributed by atoms with Gasteiger partial charge >= 0.3 is 0 Å². The van der Waals surface area contributed by atoms with Crippen LogP contribution in [-0.4, -0.2) is 0 Å². The molecule has 2 nitrogen and oxygen atoms in total. The fourth-order valence-electron chi connectivity index (χ4n) is 5.67. The van der Waals surface area contributed by atoms with Gasteiger partial charge in [-0.1, -0.05) is 97.1 Å². The molecule has 0 N–H and O–H groups in total. The Balaban J connectivity index is 1.57. The third-order valence-corrected chi connectivity index (χ3v) is 7.13. The molecule has 5 aromatic rings. The van der Waals surface area contributed by atoms with Gasteiger partial charge in [0.1, 0.15) is 0 Å². The first-order valence-electron chi connectivity index (χ1n) is 11.6. The molecule has 1 aliphatic heterocycles. The third-order valence-electron chi connectivity index (χ3n) is 7.13. The van der Waals surface area contributed by atoms with Crippen LogP contribution in [0.4, 0.5) is 0 Å². The topological polar surface area (TPSA) is 18.5 Å². The fourth-order valence-corrected chi connectivity index (χ4v) is 5.67. The van der Waals surface area contributed by atoms with Gasteiger partial charge in [0.2, 0.25) is 0 Å². The third kappa shape index (κ3) is 2.51. The first-order chi connectivity index (χ1) is 16.8. The van der Waals surface area contributed by atoms with E-state index in [9.17, 15) is 0 Å². The second kappa shape index (κ2) is 7.10. The predicted octanol–water partition coefficient (Wildman–Crippen LogP) is 8.26. The molecule has 0 spiro atoms. The first kappa shape index (κ1) is 19.2. The van der Waals surface area contributed by atoms with Gasteiger partial charge in [0.05, 0.1) is 5.41 Å². The van der Waals surface area contributed by atoms with E-state index in [0.717, 1.165) is 28.6 Å². The highest BCUT2D eigenvalue weighted by Gasteiger charge is 2.47. The summed E-state index contributed by atoms with van der Waals surface area (Å²) in [5, 5.41) is 0. The number of benzene rings is 5. The van der Waals surface area contributed by atoms with Crippen molar-refractivity contribution in [3.8, 4) is 34.1 Å². The summed E-state index contributed by atoms with van der Waals surface area (Å²) in [5.74, 6) is 3.06. The molecule has 0 saturated heterocycles. The molecular formula is C32H22O2. The summed E-state index contributed by atoms with van der Waals surface area (Å²) in [4.78, 5) is 0. The minimum absolute atomic E-state index is 0.446. The van der Waals surface area contributed by atoms with Gasteiger partial charge in [-0.25, -0.2) is 0 Å². The average molecular weight is 439 g/mol. The van der Waals surface area contributed by atoms with Crippen LogP contribution in [-0.2, 0) is 5.41 Å². The normalized spacial score (nSPS) is 14.1. The minimum Gasteiger partial charge on any atom is -0.449 e. The van der Waals surface area contributed by atoms with E-state index >= 15 is 0 Å². The molecule has 0 radical (unpaired) electrons. The van der Waals surface area contributed by atoms with E-state index in [-0.39, 0.29) is 0 Å². The Morgan fingerprint density at radius 1 is 0.500 bits per heavy atom. The fraction of sp³-hybridized carbons (Fsp3) is 0.0625. The van der Waals surface area contributed by atoms with E-state index in [1.165, 1.54) is 33.4 Å². The molecule has 2 heteroatoms. The van der Waals surface area contributed by atoms with Crippen LogP contribution in [0.2, 0.25) is 0 Å². The highest BCUT2D eigenvalue weighted by atomic mass is 16.6. The molecule has 0 saturated carbocycles. The van der Waals surface area contributed by atoms with Crippen LogP contribution >= 0.6 is 0 Å². The Labute approximate surface area is 199 Å². The summed E-state index contributed by atoms with van der Waals surface area (Å²) in [6.07, 6.45) is 0. The van der Waals surface area contributed by atoms with Crippen LogP contribution in [0.15, 0.2) is 115 Å². The first-order valence-corrected chi connectivity index (χ1v) is 11.6. The Hall–Kier alpha value is -4.30. The lowest BCUT2D eigenvalue weighted by molar-refractivity contribution is 0.357. The number of para-hydroxylation sites is 1. The molecule has 0 fully saturated rings. The maximum Gasteiger partial charge on any atom is 0.173 e. The van der Waals surface area contributed by atoms with Crippen LogP contribution in [0.3, 0.4) is 0 Å². The largest absolute Gasteiger partial charge is 0.449 e. The van der Waals surface area contributed by atoms with Crippen LogP contribution in [0, 0.1) is 6.92 Å². The van der Waals surface area contributed by atoms with Crippen molar-refractivity contribution in [1.29, 1.82) is 0 Å². The van der Waals surface area contributed by atoms with Crippen molar-refractivity contribution < 1.29 is 9.47 Å². The van der Waals surface area contributed by atoms with E-state index < -0.39 is 5.41 Å². The lowest BCUT2D eigenvalue weighted by atomic mass is 9.67. The summed E-state index contributed by atoms with van der Waals surface area (Å²) in [7, 11) is 0. The zero-order chi connectivity index (χ0) is 22.7. The zero-order valence-electron chi connectivity index (χ0n) is 18.8. The van der Waals surface area contributed by atoms with E-state index in [1.807, 2.05) is 12.1 Å². The van der Waals surface area contributed by atoms with Crippen LogP contribution in [0.5, 0.6) is 23.0 Å². The van der Waals surface area contributed by atoms with Crippen molar-refractivity contribution in [3.63, 3.8) is 0 Å². The minimum atomic E-state index is -0.446. The molecule has 0 aromatic heterocycles. The molecule has 1 heterocycles. The number of rotatable bonds is 2. The van der Waals surface area contributed by atoms with Crippen molar-refractivity contribution in [2.24, 2.45) is 0 Å². The number of fused-ring (bicyclic) bond motifs is 5.